The number of benzene rings is 3. The van der Waals surface area contributed by atoms with Gasteiger partial charge in [-0.1, -0.05) is 18.2 Å². The molecule has 0 spiro atoms. The van der Waals surface area contributed by atoms with Crippen molar-refractivity contribution in [2.45, 2.75) is 19.0 Å². The van der Waals surface area contributed by atoms with Gasteiger partial charge in [0.2, 0.25) is 0 Å². The number of nitrogens with zero attached hydrogens (tertiary/aromatic N) is 1. The van der Waals surface area contributed by atoms with E-state index in [2.05, 4.69) is 5.32 Å². The first kappa shape index (κ1) is 27.0. The van der Waals surface area contributed by atoms with Crippen LogP contribution in [-0.2, 0) is 11.3 Å². The summed E-state index contributed by atoms with van der Waals surface area (Å²) in [5.41, 5.74) is 1.88. The average molecular weight is 547 g/mol. The van der Waals surface area contributed by atoms with Gasteiger partial charge in [-0.2, -0.15) is 0 Å². The summed E-state index contributed by atoms with van der Waals surface area (Å²) in [5, 5.41) is 22.8. The lowest BCUT2D eigenvalue weighted by molar-refractivity contribution is -0.145. The highest BCUT2D eigenvalue weighted by atomic mass is 16.6. The molecular weight excluding hydrogens is 516 g/mol. The van der Waals surface area contributed by atoms with E-state index in [9.17, 15) is 19.8 Å². The molecule has 3 aromatic carbocycles. The predicted octanol–water partition coefficient (Wildman–Crippen LogP) is 3.71. The van der Waals surface area contributed by atoms with E-state index >= 15 is 0 Å². The SMILES string of the molecule is COc1cc(C(=O)n2ccc3c(-c4ccc5c(c4)OCCO5)cccc32)cc(OC)c1CNC(C)(CO)C(=O)O. The summed E-state index contributed by atoms with van der Waals surface area (Å²) in [4.78, 5) is 25.3. The van der Waals surface area contributed by atoms with Crippen LogP contribution in [-0.4, -0.2) is 66.2 Å². The quantitative estimate of drug-likeness (QED) is 0.288. The number of aliphatic hydroxyl groups is 1. The van der Waals surface area contributed by atoms with E-state index in [-0.39, 0.29) is 12.5 Å². The van der Waals surface area contributed by atoms with Crippen LogP contribution >= 0.6 is 0 Å². The summed E-state index contributed by atoms with van der Waals surface area (Å²) in [6.07, 6.45) is 1.72. The number of aromatic nitrogens is 1. The Hall–Kier alpha value is -4.54. The van der Waals surface area contributed by atoms with Crippen molar-refractivity contribution in [2.24, 2.45) is 0 Å². The monoisotopic (exact) mass is 546 g/mol. The lowest BCUT2D eigenvalue weighted by Crippen LogP contribution is -2.52. The highest BCUT2D eigenvalue weighted by Crippen LogP contribution is 2.38. The molecule has 208 valence electrons. The maximum Gasteiger partial charge on any atom is 0.326 e. The summed E-state index contributed by atoms with van der Waals surface area (Å²) in [6, 6.07) is 16.6. The van der Waals surface area contributed by atoms with Crippen molar-refractivity contribution in [3.05, 3.63) is 71.9 Å². The summed E-state index contributed by atoms with van der Waals surface area (Å²) in [5.74, 6) is 0.586. The number of carbonyl (C=O) groups is 2. The normalized spacial score (nSPS) is 14.0. The van der Waals surface area contributed by atoms with Crippen LogP contribution in [0.25, 0.3) is 22.0 Å². The standard InChI is InChI=1S/C30H30N2O8/c1-30(17-33,29(35)36)31-16-22-25(37-2)14-19(15-26(22)38-3)28(34)32-10-9-21-20(5-4-6-23(21)32)18-7-8-24-27(13-18)40-12-11-39-24/h4-10,13-15,31,33H,11-12,16-17H2,1-3H3,(H,35,36). The molecule has 4 aromatic rings. The first-order chi connectivity index (χ1) is 19.3. The van der Waals surface area contributed by atoms with Gasteiger partial charge in [0.1, 0.15) is 30.3 Å². The number of aliphatic hydroxyl groups excluding tert-OH is 1. The van der Waals surface area contributed by atoms with Crippen molar-refractivity contribution < 1.29 is 38.7 Å². The number of hydrogen-bond donors (Lipinski definition) is 3. The second-order valence-electron chi connectivity index (χ2n) is 9.60. The zero-order valence-electron chi connectivity index (χ0n) is 22.4. The van der Waals surface area contributed by atoms with Gasteiger partial charge in [0, 0.05) is 29.3 Å². The molecule has 3 N–H and O–H groups in total. The fourth-order valence-corrected chi connectivity index (χ4v) is 4.71. The Bertz CT molecular complexity index is 1570. The first-order valence-corrected chi connectivity index (χ1v) is 12.7. The fourth-order valence-electron chi connectivity index (χ4n) is 4.71. The maximum absolute atomic E-state index is 13.8. The Morgan fingerprint density at radius 1 is 1.00 bits per heavy atom. The van der Waals surface area contributed by atoms with Gasteiger partial charge in [0.05, 0.1) is 26.3 Å². The van der Waals surface area contributed by atoms with Crippen LogP contribution in [0.15, 0.2) is 60.8 Å². The molecule has 2 heterocycles. The molecule has 10 nitrogen and oxygen atoms in total. The molecule has 1 aliphatic heterocycles. The zero-order valence-corrected chi connectivity index (χ0v) is 22.4. The molecule has 0 fully saturated rings. The van der Waals surface area contributed by atoms with Gasteiger partial charge in [0.25, 0.3) is 5.91 Å². The van der Waals surface area contributed by atoms with Gasteiger partial charge in [-0.15, -0.1) is 0 Å². The van der Waals surface area contributed by atoms with Crippen molar-refractivity contribution in [3.8, 4) is 34.1 Å². The first-order valence-electron chi connectivity index (χ1n) is 12.7. The highest BCUT2D eigenvalue weighted by molar-refractivity contribution is 6.06. The van der Waals surface area contributed by atoms with Crippen molar-refractivity contribution in [1.82, 2.24) is 9.88 Å². The van der Waals surface area contributed by atoms with Crippen LogP contribution in [0.4, 0.5) is 0 Å². The van der Waals surface area contributed by atoms with Gasteiger partial charge >= 0.3 is 5.97 Å². The molecule has 0 saturated heterocycles. The molecule has 5 rings (SSSR count). The van der Waals surface area contributed by atoms with Gasteiger partial charge < -0.3 is 29.2 Å². The third-order valence-electron chi connectivity index (χ3n) is 7.10. The van der Waals surface area contributed by atoms with Gasteiger partial charge in [-0.05, 0) is 54.4 Å². The molecular formula is C30H30N2O8. The topological polar surface area (TPSA) is 128 Å². The Morgan fingerprint density at radius 3 is 2.35 bits per heavy atom. The highest BCUT2D eigenvalue weighted by Gasteiger charge is 2.32. The number of hydrogen-bond acceptors (Lipinski definition) is 8. The van der Waals surface area contributed by atoms with Gasteiger partial charge in [0.15, 0.2) is 11.5 Å². The van der Waals surface area contributed by atoms with E-state index in [1.54, 1.807) is 22.9 Å². The molecule has 0 radical (unpaired) electrons. The van der Waals surface area contributed by atoms with Crippen LogP contribution in [0.3, 0.4) is 0 Å². The number of aliphatic carboxylic acids is 1. The predicted molar refractivity (Wildman–Crippen MR) is 148 cm³/mol. The average Bonchev–Trinajstić information content (AvgIpc) is 3.43. The van der Waals surface area contributed by atoms with E-state index in [4.69, 9.17) is 18.9 Å². The molecule has 0 bridgehead atoms. The fraction of sp³-hybridized carbons (Fsp3) is 0.267. The number of carbonyl (C=O) groups excluding carboxylic acids is 1. The molecule has 0 aliphatic carbocycles. The largest absolute Gasteiger partial charge is 0.496 e. The van der Waals surface area contributed by atoms with Crippen LogP contribution in [0.2, 0.25) is 0 Å². The third kappa shape index (κ3) is 4.83. The van der Waals surface area contributed by atoms with Crippen LogP contribution in [0, 0.1) is 0 Å². The van der Waals surface area contributed by atoms with Crippen LogP contribution < -0.4 is 24.3 Å². The lowest BCUT2D eigenvalue weighted by Gasteiger charge is -2.25. The molecule has 1 unspecified atom stereocenters. The maximum atomic E-state index is 13.8. The minimum absolute atomic E-state index is 0.0233. The Morgan fingerprint density at radius 2 is 1.70 bits per heavy atom. The van der Waals surface area contributed by atoms with E-state index in [0.717, 1.165) is 22.0 Å². The smallest absolute Gasteiger partial charge is 0.326 e. The number of carboxylic acid groups (broad SMARTS) is 1. The van der Waals surface area contributed by atoms with E-state index in [1.165, 1.54) is 21.1 Å². The second-order valence-corrected chi connectivity index (χ2v) is 9.60. The molecule has 0 amide bonds. The van der Waals surface area contributed by atoms with Crippen molar-refractivity contribution >= 4 is 22.8 Å². The Labute approximate surface area is 230 Å². The molecule has 0 saturated carbocycles. The minimum Gasteiger partial charge on any atom is -0.496 e. The summed E-state index contributed by atoms with van der Waals surface area (Å²) < 4.78 is 24.1. The molecule has 1 aliphatic rings. The number of nitrogens with one attached hydrogen (secondary N) is 1. The van der Waals surface area contributed by atoms with Crippen molar-refractivity contribution in [1.29, 1.82) is 0 Å². The summed E-state index contributed by atoms with van der Waals surface area (Å²) >= 11 is 0. The summed E-state index contributed by atoms with van der Waals surface area (Å²) in [7, 11) is 2.92. The Balaban J connectivity index is 1.50. The lowest BCUT2D eigenvalue weighted by atomic mass is 10.0. The third-order valence-corrected chi connectivity index (χ3v) is 7.10. The number of fused-ring (bicyclic) bond motifs is 2. The molecule has 40 heavy (non-hydrogen) atoms. The number of ether oxygens (including phenoxy) is 4. The van der Waals surface area contributed by atoms with Crippen molar-refractivity contribution in [3.63, 3.8) is 0 Å². The minimum atomic E-state index is -1.57. The second kappa shape index (κ2) is 10.9. The number of methoxy groups -OCH3 is 2. The molecule has 10 heteroatoms. The van der Waals surface area contributed by atoms with Crippen LogP contribution in [0.5, 0.6) is 23.0 Å². The zero-order chi connectivity index (χ0) is 28.4. The summed E-state index contributed by atoms with van der Waals surface area (Å²) in [6.45, 7) is 1.80. The number of carboxylic acids is 1. The van der Waals surface area contributed by atoms with E-state index < -0.39 is 18.1 Å². The van der Waals surface area contributed by atoms with E-state index in [0.29, 0.717) is 47.3 Å². The number of rotatable bonds is 9. The van der Waals surface area contributed by atoms with Gasteiger partial charge in [-0.3, -0.25) is 19.5 Å². The van der Waals surface area contributed by atoms with Crippen molar-refractivity contribution in [2.75, 3.05) is 34.0 Å². The molecule has 1 atom stereocenters. The van der Waals surface area contributed by atoms with Crippen LogP contribution in [0.1, 0.15) is 22.8 Å². The van der Waals surface area contributed by atoms with Gasteiger partial charge in [-0.25, -0.2) is 0 Å². The molecule has 1 aromatic heterocycles. The van der Waals surface area contributed by atoms with E-state index in [1.807, 2.05) is 42.5 Å². The Kier molecular flexibility index (Phi) is 7.38.